The average Bonchev–Trinajstić information content (AvgIpc) is 3.00. The Balaban J connectivity index is 1.70. The molecule has 1 amide bonds. The Kier molecular flexibility index (Phi) is 4.79. The second-order valence-electron chi connectivity index (χ2n) is 5.47. The van der Waals surface area contributed by atoms with Gasteiger partial charge in [0.25, 0.3) is 5.91 Å². The summed E-state index contributed by atoms with van der Waals surface area (Å²) in [7, 11) is -3.94. The van der Waals surface area contributed by atoms with Gasteiger partial charge in [-0.1, -0.05) is 18.2 Å². The van der Waals surface area contributed by atoms with Crippen LogP contribution in [0.4, 0.5) is 5.69 Å². The van der Waals surface area contributed by atoms with Crippen LogP contribution >= 0.6 is 0 Å². The number of amides is 1. The number of rotatable bonds is 5. The molecule has 0 radical (unpaired) electrons. The van der Waals surface area contributed by atoms with E-state index in [2.05, 4.69) is 5.32 Å². The lowest BCUT2D eigenvalue weighted by Crippen LogP contribution is -2.13. The number of primary sulfonamides is 1. The van der Waals surface area contributed by atoms with Crippen LogP contribution in [0.15, 0.2) is 70.0 Å². The lowest BCUT2D eigenvalue weighted by Gasteiger charge is -2.07. The number of hydrogen-bond acceptors (Lipinski definition) is 5. The van der Waals surface area contributed by atoms with Crippen molar-refractivity contribution in [3.63, 3.8) is 0 Å². The molecule has 134 valence electrons. The first-order chi connectivity index (χ1) is 12.3. The van der Waals surface area contributed by atoms with Gasteiger partial charge >= 0.3 is 0 Å². The first-order valence-electron chi connectivity index (χ1n) is 7.60. The first kappa shape index (κ1) is 17.7. The van der Waals surface area contributed by atoms with E-state index in [0.29, 0.717) is 17.2 Å². The van der Waals surface area contributed by atoms with E-state index >= 15 is 0 Å². The van der Waals surface area contributed by atoms with Crippen molar-refractivity contribution >= 4 is 21.6 Å². The predicted octanol–water partition coefficient (Wildman–Crippen LogP) is 3.28. The topological polar surface area (TPSA) is 112 Å². The Bertz CT molecular complexity index is 1030. The Labute approximate surface area is 150 Å². The molecule has 3 rings (SSSR count). The smallest absolute Gasteiger partial charge is 0.291 e. The van der Waals surface area contributed by atoms with Crippen LogP contribution in [0.2, 0.25) is 0 Å². The number of sulfonamides is 1. The molecule has 3 aromatic rings. The van der Waals surface area contributed by atoms with Crippen molar-refractivity contribution in [3.8, 4) is 11.5 Å². The summed E-state index contributed by atoms with van der Waals surface area (Å²) in [4.78, 5) is 12.0. The molecule has 0 bridgehead atoms. The van der Waals surface area contributed by atoms with Crippen LogP contribution in [-0.2, 0) is 10.0 Å². The van der Waals surface area contributed by atoms with Gasteiger partial charge in [0.05, 0.1) is 0 Å². The third-order valence-corrected chi connectivity index (χ3v) is 4.51. The number of carbonyl (C=O) groups excluding carboxylic acids is 1. The number of furan rings is 1. The van der Waals surface area contributed by atoms with Gasteiger partial charge in [-0.15, -0.1) is 0 Å². The molecule has 0 aliphatic carbocycles. The van der Waals surface area contributed by atoms with Crippen LogP contribution in [0.5, 0.6) is 11.5 Å². The fourth-order valence-electron chi connectivity index (χ4n) is 2.28. The van der Waals surface area contributed by atoms with Crippen LogP contribution in [0.25, 0.3) is 0 Å². The van der Waals surface area contributed by atoms with Crippen molar-refractivity contribution < 1.29 is 22.4 Å². The lowest BCUT2D eigenvalue weighted by atomic mass is 10.3. The number of nitrogens with one attached hydrogen (secondary N) is 1. The average molecular weight is 372 g/mol. The summed E-state index contributed by atoms with van der Waals surface area (Å²) < 4.78 is 33.7. The number of anilines is 1. The molecule has 0 saturated heterocycles. The molecule has 0 spiro atoms. The number of para-hydroxylation sites is 1. The Morgan fingerprint density at radius 3 is 2.23 bits per heavy atom. The minimum absolute atomic E-state index is 0.0595. The molecule has 3 N–H and O–H groups in total. The molecule has 1 heterocycles. The summed E-state index contributed by atoms with van der Waals surface area (Å²) in [6.45, 7) is 1.42. The van der Waals surface area contributed by atoms with Gasteiger partial charge in [0.15, 0.2) is 5.76 Å². The molecule has 0 unspecified atom stereocenters. The van der Waals surface area contributed by atoms with E-state index in [1.165, 1.54) is 6.92 Å². The van der Waals surface area contributed by atoms with Crippen molar-refractivity contribution in [3.05, 3.63) is 72.2 Å². The van der Waals surface area contributed by atoms with Gasteiger partial charge < -0.3 is 14.5 Å². The molecule has 0 atom stereocenters. The zero-order chi connectivity index (χ0) is 18.7. The minimum atomic E-state index is -3.94. The molecule has 0 aliphatic heterocycles. The van der Waals surface area contributed by atoms with Crippen LogP contribution in [0.3, 0.4) is 0 Å². The first-order valence-corrected chi connectivity index (χ1v) is 9.15. The van der Waals surface area contributed by atoms with E-state index in [4.69, 9.17) is 14.3 Å². The molecule has 0 fully saturated rings. The number of nitrogens with two attached hydrogens (primary N) is 1. The number of carbonyl (C=O) groups is 1. The number of aryl methyl sites for hydroxylation is 1. The maximum atomic E-state index is 12.2. The molecule has 26 heavy (non-hydrogen) atoms. The molecule has 8 heteroatoms. The molecule has 2 aromatic carbocycles. The maximum Gasteiger partial charge on any atom is 0.291 e. The maximum absolute atomic E-state index is 12.2. The van der Waals surface area contributed by atoms with Gasteiger partial charge in [0.1, 0.15) is 22.2 Å². The fraction of sp³-hybridized carbons (Fsp3) is 0.0556. The summed E-state index contributed by atoms with van der Waals surface area (Å²) in [5, 5.41) is 7.69. The van der Waals surface area contributed by atoms with Crippen LogP contribution in [-0.4, -0.2) is 14.3 Å². The largest absolute Gasteiger partial charge is 0.457 e. The number of benzene rings is 2. The second kappa shape index (κ2) is 7.03. The highest BCUT2D eigenvalue weighted by Crippen LogP contribution is 2.24. The highest BCUT2D eigenvalue weighted by atomic mass is 32.2. The number of ether oxygens (including phenoxy) is 1. The molecule has 0 saturated carbocycles. The van der Waals surface area contributed by atoms with Crippen molar-refractivity contribution in [2.75, 3.05) is 5.32 Å². The predicted molar refractivity (Wildman–Crippen MR) is 95.7 cm³/mol. The molecule has 7 nitrogen and oxygen atoms in total. The fourth-order valence-corrected chi connectivity index (χ4v) is 3.00. The molecule has 0 aliphatic rings. The summed E-state index contributed by atoms with van der Waals surface area (Å²) in [6, 6.07) is 17.1. The van der Waals surface area contributed by atoms with E-state index in [-0.39, 0.29) is 16.4 Å². The van der Waals surface area contributed by atoms with E-state index in [0.717, 1.165) is 6.07 Å². The Morgan fingerprint density at radius 2 is 1.65 bits per heavy atom. The lowest BCUT2D eigenvalue weighted by molar-refractivity contribution is 0.0995. The molecular weight excluding hydrogens is 356 g/mol. The van der Waals surface area contributed by atoms with Crippen LogP contribution < -0.4 is 15.2 Å². The van der Waals surface area contributed by atoms with Gasteiger partial charge in [0, 0.05) is 11.8 Å². The monoisotopic (exact) mass is 372 g/mol. The Morgan fingerprint density at radius 1 is 1.04 bits per heavy atom. The van der Waals surface area contributed by atoms with Gasteiger partial charge in [-0.2, -0.15) is 0 Å². The van der Waals surface area contributed by atoms with E-state index in [9.17, 15) is 13.2 Å². The minimum Gasteiger partial charge on any atom is -0.457 e. The van der Waals surface area contributed by atoms with Crippen molar-refractivity contribution in [1.29, 1.82) is 0 Å². The van der Waals surface area contributed by atoms with E-state index in [1.54, 1.807) is 24.3 Å². The normalized spacial score (nSPS) is 11.2. The summed E-state index contributed by atoms with van der Waals surface area (Å²) in [6.07, 6.45) is 0. The number of hydrogen-bond donors (Lipinski definition) is 2. The van der Waals surface area contributed by atoms with Gasteiger partial charge in [-0.3, -0.25) is 4.79 Å². The highest BCUT2D eigenvalue weighted by molar-refractivity contribution is 7.89. The van der Waals surface area contributed by atoms with Crippen LogP contribution in [0.1, 0.15) is 16.3 Å². The summed E-state index contributed by atoms with van der Waals surface area (Å²) in [5.41, 5.74) is 0.502. The van der Waals surface area contributed by atoms with Gasteiger partial charge in [-0.05, 0) is 43.3 Å². The second-order valence-corrected chi connectivity index (χ2v) is 7.00. The van der Waals surface area contributed by atoms with Crippen molar-refractivity contribution in [1.82, 2.24) is 0 Å². The van der Waals surface area contributed by atoms with Crippen molar-refractivity contribution in [2.24, 2.45) is 5.14 Å². The standard InChI is InChI=1S/C18H16N2O5S/c1-12-17(26(19,22)23)11-16(24-12)18(21)20-13-7-9-15(10-8-13)25-14-5-3-2-4-6-14/h2-11H,1H3,(H,20,21)(H2,19,22,23). The van der Waals surface area contributed by atoms with Gasteiger partial charge in [0.2, 0.25) is 10.0 Å². The summed E-state index contributed by atoms with van der Waals surface area (Å²) in [5.74, 6) is 0.644. The third kappa shape index (κ3) is 4.11. The van der Waals surface area contributed by atoms with E-state index in [1.807, 2.05) is 30.3 Å². The summed E-state index contributed by atoms with van der Waals surface area (Å²) >= 11 is 0. The van der Waals surface area contributed by atoms with E-state index < -0.39 is 15.9 Å². The van der Waals surface area contributed by atoms with Crippen LogP contribution in [0, 0.1) is 6.92 Å². The van der Waals surface area contributed by atoms with Crippen molar-refractivity contribution in [2.45, 2.75) is 11.8 Å². The third-order valence-electron chi connectivity index (χ3n) is 3.49. The van der Waals surface area contributed by atoms with Gasteiger partial charge in [-0.25, -0.2) is 13.6 Å². The SMILES string of the molecule is Cc1oc(C(=O)Nc2ccc(Oc3ccccc3)cc2)cc1S(N)(=O)=O. The molecule has 1 aromatic heterocycles. The molecular formula is C18H16N2O5S. The highest BCUT2D eigenvalue weighted by Gasteiger charge is 2.21. The zero-order valence-electron chi connectivity index (χ0n) is 13.8. The zero-order valence-corrected chi connectivity index (χ0v) is 14.6. The Hall–Kier alpha value is -3.10. The quantitative estimate of drug-likeness (QED) is 0.714.